The Morgan fingerprint density at radius 2 is 1.60 bits per heavy atom. The Kier molecular flexibility index (Phi) is 9.56. The Morgan fingerprint density at radius 3 is 2.20 bits per heavy atom. The average Bonchev–Trinajstić information content (AvgIpc) is 2.85. The summed E-state index contributed by atoms with van der Waals surface area (Å²) in [6.45, 7) is 11.3. The summed E-state index contributed by atoms with van der Waals surface area (Å²) in [6, 6.07) is 20.2. The van der Waals surface area contributed by atoms with Crippen LogP contribution in [0.25, 0.3) is 22.5 Å². The van der Waals surface area contributed by atoms with Gasteiger partial charge in [0.2, 0.25) is 0 Å². The van der Waals surface area contributed by atoms with E-state index in [4.69, 9.17) is 19.4 Å². The van der Waals surface area contributed by atoms with Gasteiger partial charge in [0.25, 0.3) is 0 Å². The predicted molar refractivity (Wildman–Crippen MR) is 141 cm³/mol. The fraction of sp³-hybridized carbons (Fsp3) is 0.345. The molecule has 3 aromatic rings. The van der Waals surface area contributed by atoms with Gasteiger partial charge in [-0.15, -0.1) is 6.58 Å². The van der Waals surface area contributed by atoms with Crippen molar-refractivity contribution in [3.63, 3.8) is 0 Å². The van der Waals surface area contributed by atoms with E-state index in [2.05, 4.69) is 35.7 Å². The van der Waals surface area contributed by atoms with Crippen LogP contribution >= 0.6 is 0 Å². The van der Waals surface area contributed by atoms with E-state index in [-0.39, 0.29) is 12.6 Å². The molecule has 0 fully saturated rings. The number of aromatic nitrogens is 2. The van der Waals surface area contributed by atoms with Crippen LogP contribution < -0.4 is 4.90 Å². The normalized spacial score (nSPS) is 11.2. The van der Waals surface area contributed by atoms with Crippen LogP contribution in [0.1, 0.15) is 33.6 Å². The van der Waals surface area contributed by atoms with Crippen molar-refractivity contribution < 1.29 is 14.3 Å². The third-order valence-electron chi connectivity index (χ3n) is 5.13. The topological polar surface area (TPSA) is 64.5 Å². The van der Waals surface area contributed by atoms with Crippen LogP contribution in [0, 0.1) is 0 Å². The molecule has 184 valence electrons. The van der Waals surface area contributed by atoms with Crippen molar-refractivity contribution in [3.05, 3.63) is 79.5 Å². The molecule has 0 bridgehead atoms. The van der Waals surface area contributed by atoms with Gasteiger partial charge in [-0.2, -0.15) is 0 Å². The van der Waals surface area contributed by atoms with Gasteiger partial charge in [0.1, 0.15) is 18.0 Å². The van der Waals surface area contributed by atoms with Gasteiger partial charge in [-0.05, 0) is 33.6 Å². The molecule has 0 N–H and O–H groups in total. The predicted octanol–water partition coefficient (Wildman–Crippen LogP) is 5.94. The molecular formula is C29H35N3O3. The molecule has 0 spiro atoms. The smallest absolute Gasteiger partial charge is 0.332 e. The first-order valence-corrected chi connectivity index (χ1v) is 12.0. The third kappa shape index (κ3) is 8.34. The highest BCUT2D eigenvalue weighted by Gasteiger charge is 2.17. The van der Waals surface area contributed by atoms with Crippen molar-refractivity contribution >= 4 is 11.8 Å². The lowest BCUT2D eigenvalue weighted by Gasteiger charge is -2.23. The van der Waals surface area contributed by atoms with E-state index in [0.29, 0.717) is 13.2 Å². The van der Waals surface area contributed by atoms with E-state index in [0.717, 1.165) is 47.7 Å². The first kappa shape index (κ1) is 26.1. The molecule has 0 unspecified atom stereocenters. The van der Waals surface area contributed by atoms with E-state index in [1.807, 2.05) is 69.4 Å². The Morgan fingerprint density at radius 1 is 0.971 bits per heavy atom. The van der Waals surface area contributed by atoms with Crippen molar-refractivity contribution in [2.75, 3.05) is 31.2 Å². The van der Waals surface area contributed by atoms with Gasteiger partial charge in [0, 0.05) is 30.8 Å². The van der Waals surface area contributed by atoms with Gasteiger partial charge in [-0.1, -0.05) is 66.7 Å². The maximum atomic E-state index is 11.8. The molecule has 6 nitrogen and oxygen atoms in total. The lowest BCUT2D eigenvalue weighted by molar-refractivity contribution is -0.160. The van der Waals surface area contributed by atoms with Gasteiger partial charge in [-0.25, -0.2) is 9.78 Å². The van der Waals surface area contributed by atoms with E-state index in [1.54, 1.807) is 0 Å². The van der Waals surface area contributed by atoms with E-state index >= 15 is 0 Å². The molecule has 0 amide bonds. The number of ether oxygens (including phenoxy) is 2. The number of anilines is 1. The van der Waals surface area contributed by atoms with Crippen molar-refractivity contribution in [2.45, 2.75) is 39.2 Å². The first-order chi connectivity index (χ1) is 16.9. The second kappa shape index (κ2) is 12.8. The molecule has 0 atom stereocenters. The largest absolute Gasteiger partial charge is 0.458 e. The molecule has 35 heavy (non-hydrogen) atoms. The number of carbonyl (C=O) groups is 1. The first-order valence-electron chi connectivity index (χ1n) is 12.0. The summed E-state index contributed by atoms with van der Waals surface area (Å²) in [5.41, 5.74) is 3.26. The van der Waals surface area contributed by atoms with E-state index in [1.165, 1.54) is 0 Å². The number of esters is 1. The van der Waals surface area contributed by atoms with Gasteiger partial charge in [-0.3, -0.25) is 4.98 Å². The Balaban J connectivity index is 1.67. The zero-order chi connectivity index (χ0) is 25.1. The standard InChI is InChI=1S/C29H35N3O3/c1-5-18-32(19-12-13-20-34-22-26(33)35-29(2,3)4)25-21-30-27(23-14-8-6-9-15-23)28(31-25)24-16-10-7-11-17-24/h5-11,14-17,21H,1,12-13,18-20,22H2,2-4H3. The van der Waals surface area contributed by atoms with Gasteiger partial charge in [0.05, 0.1) is 17.6 Å². The van der Waals surface area contributed by atoms with E-state index < -0.39 is 5.60 Å². The number of hydrogen-bond donors (Lipinski definition) is 0. The monoisotopic (exact) mass is 473 g/mol. The summed E-state index contributed by atoms with van der Waals surface area (Å²) in [5, 5.41) is 0. The number of rotatable bonds is 12. The third-order valence-corrected chi connectivity index (χ3v) is 5.13. The number of benzene rings is 2. The summed E-state index contributed by atoms with van der Waals surface area (Å²) in [4.78, 5) is 23.8. The molecule has 0 saturated carbocycles. The lowest BCUT2D eigenvalue weighted by Crippen LogP contribution is -2.27. The molecule has 1 aromatic heterocycles. The maximum absolute atomic E-state index is 11.8. The zero-order valence-corrected chi connectivity index (χ0v) is 20.9. The second-order valence-electron chi connectivity index (χ2n) is 9.24. The minimum atomic E-state index is -0.499. The summed E-state index contributed by atoms with van der Waals surface area (Å²) in [6.07, 6.45) is 5.40. The molecule has 0 aliphatic carbocycles. The maximum Gasteiger partial charge on any atom is 0.332 e. The summed E-state index contributed by atoms with van der Waals surface area (Å²) < 4.78 is 10.8. The molecule has 3 rings (SSSR count). The Labute approximate surface area is 208 Å². The van der Waals surface area contributed by atoms with Crippen LogP contribution in [-0.2, 0) is 14.3 Å². The van der Waals surface area contributed by atoms with Crippen LogP contribution in [0.3, 0.4) is 0 Å². The Hall–Kier alpha value is -3.51. The Bertz CT molecular complexity index is 1080. The molecule has 0 aliphatic rings. The molecule has 0 saturated heterocycles. The fourth-order valence-corrected chi connectivity index (χ4v) is 3.63. The van der Waals surface area contributed by atoms with Crippen LogP contribution in [-0.4, -0.2) is 47.8 Å². The molecule has 2 aromatic carbocycles. The minimum absolute atomic E-state index is 0.0273. The van der Waals surface area contributed by atoms with E-state index in [9.17, 15) is 4.79 Å². The molecular weight excluding hydrogens is 438 g/mol. The van der Waals surface area contributed by atoms with Crippen LogP contribution in [0.5, 0.6) is 0 Å². The van der Waals surface area contributed by atoms with Crippen molar-refractivity contribution in [1.29, 1.82) is 0 Å². The fourth-order valence-electron chi connectivity index (χ4n) is 3.63. The summed E-state index contributed by atoms with van der Waals surface area (Å²) >= 11 is 0. The SMILES string of the molecule is C=CCN(CCCCOCC(=O)OC(C)(C)C)c1cnc(-c2ccccc2)c(-c2ccccc2)n1. The summed E-state index contributed by atoms with van der Waals surface area (Å²) in [5.74, 6) is 0.464. The van der Waals surface area contributed by atoms with Crippen LogP contribution in [0.15, 0.2) is 79.5 Å². The second-order valence-corrected chi connectivity index (χ2v) is 9.24. The highest BCUT2D eigenvalue weighted by atomic mass is 16.6. The van der Waals surface area contributed by atoms with Crippen LogP contribution in [0.2, 0.25) is 0 Å². The molecule has 0 aliphatic heterocycles. The lowest BCUT2D eigenvalue weighted by atomic mass is 10.0. The number of carbonyl (C=O) groups excluding carboxylic acids is 1. The number of hydrogen-bond acceptors (Lipinski definition) is 6. The van der Waals surface area contributed by atoms with Crippen molar-refractivity contribution in [3.8, 4) is 22.5 Å². The highest BCUT2D eigenvalue weighted by molar-refractivity contribution is 5.78. The molecule has 1 heterocycles. The quantitative estimate of drug-likeness (QED) is 0.184. The van der Waals surface area contributed by atoms with Gasteiger partial charge < -0.3 is 14.4 Å². The number of unbranched alkanes of at least 4 members (excludes halogenated alkanes) is 1. The highest BCUT2D eigenvalue weighted by Crippen LogP contribution is 2.30. The van der Waals surface area contributed by atoms with Crippen LogP contribution in [0.4, 0.5) is 5.82 Å². The average molecular weight is 474 g/mol. The van der Waals surface area contributed by atoms with Gasteiger partial charge in [0.15, 0.2) is 0 Å². The molecule has 0 radical (unpaired) electrons. The van der Waals surface area contributed by atoms with Crippen molar-refractivity contribution in [2.24, 2.45) is 0 Å². The zero-order valence-electron chi connectivity index (χ0n) is 20.9. The van der Waals surface area contributed by atoms with Gasteiger partial charge >= 0.3 is 5.97 Å². The number of nitrogens with zero attached hydrogens (tertiary/aromatic N) is 3. The van der Waals surface area contributed by atoms with Crippen molar-refractivity contribution in [1.82, 2.24) is 9.97 Å². The molecule has 6 heteroatoms. The summed E-state index contributed by atoms with van der Waals surface area (Å²) in [7, 11) is 0. The minimum Gasteiger partial charge on any atom is -0.458 e.